The van der Waals surface area contributed by atoms with Gasteiger partial charge in [-0.05, 0) is 57.5 Å². The van der Waals surface area contributed by atoms with Gasteiger partial charge in [-0.25, -0.2) is 0 Å². The molecular weight excluding hydrogens is 272 g/mol. The van der Waals surface area contributed by atoms with Crippen LogP contribution in [0.5, 0.6) is 5.75 Å². The third-order valence-corrected chi connectivity index (χ3v) is 4.65. The lowest BCUT2D eigenvalue weighted by molar-refractivity contribution is 0.197. The quantitative estimate of drug-likeness (QED) is 0.874. The van der Waals surface area contributed by atoms with Crippen molar-refractivity contribution >= 4 is 10.9 Å². The van der Waals surface area contributed by atoms with Gasteiger partial charge in [0.15, 0.2) is 0 Å². The number of nitrogens with zero attached hydrogens (tertiary/aromatic N) is 1. The van der Waals surface area contributed by atoms with Crippen LogP contribution in [-0.2, 0) is 6.54 Å². The van der Waals surface area contributed by atoms with Gasteiger partial charge in [-0.15, -0.1) is 11.8 Å². The molecule has 3 heteroatoms. The normalized spacial score (nSPS) is 16.5. The highest BCUT2D eigenvalue weighted by Gasteiger charge is 2.20. The molecule has 1 aromatic heterocycles. The van der Waals surface area contributed by atoms with Crippen LogP contribution >= 0.6 is 0 Å². The van der Waals surface area contributed by atoms with E-state index < -0.39 is 0 Å². The van der Waals surface area contributed by atoms with Gasteiger partial charge >= 0.3 is 0 Å². The number of hydrogen-bond acceptors (Lipinski definition) is 2. The third kappa shape index (κ3) is 2.84. The number of piperidine rings is 1. The van der Waals surface area contributed by atoms with Gasteiger partial charge in [0.2, 0.25) is 0 Å². The molecule has 1 fully saturated rings. The second-order valence-corrected chi connectivity index (χ2v) is 6.09. The molecule has 0 saturated carbocycles. The molecule has 0 aliphatic carbocycles. The fourth-order valence-electron chi connectivity index (χ4n) is 3.44. The molecule has 2 heterocycles. The van der Waals surface area contributed by atoms with Gasteiger partial charge in [0.25, 0.3) is 0 Å². The molecule has 1 aromatic carbocycles. The van der Waals surface area contributed by atoms with Gasteiger partial charge in [-0.1, -0.05) is 0 Å². The topological polar surface area (TPSA) is 28.3 Å². The average Bonchev–Trinajstić information content (AvgIpc) is 3.02. The van der Waals surface area contributed by atoms with Crippen LogP contribution in [-0.4, -0.2) is 30.1 Å². The number of fused-ring (bicyclic) bond motifs is 1. The first-order chi connectivity index (χ1) is 10.7. The summed E-state index contributed by atoms with van der Waals surface area (Å²) in [5, 5.41) is 1.28. The second-order valence-electron chi connectivity index (χ2n) is 6.09. The smallest absolute Gasteiger partial charge is 0.124 e. The number of aryl methyl sites for hydroxylation is 1. The molecule has 0 bridgehead atoms. The maximum absolute atomic E-state index is 5.64. The van der Waals surface area contributed by atoms with E-state index in [-0.39, 0.29) is 0 Å². The van der Waals surface area contributed by atoms with E-state index in [1.165, 1.54) is 34.9 Å². The molecule has 3 nitrogen and oxygen atoms in total. The molecule has 0 radical (unpaired) electrons. The van der Waals surface area contributed by atoms with Gasteiger partial charge in [0.1, 0.15) is 5.75 Å². The second kappa shape index (κ2) is 6.46. The third-order valence-electron chi connectivity index (χ3n) is 4.65. The van der Waals surface area contributed by atoms with Crippen LogP contribution in [0, 0.1) is 24.7 Å². The fraction of sp³-hybridized carbons (Fsp3) is 0.474. The fourth-order valence-corrected chi connectivity index (χ4v) is 3.44. The summed E-state index contributed by atoms with van der Waals surface area (Å²) in [5.74, 6) is 7.95. The Hall–Kier alpha value is -1.92. The number of H-pyrrole nitrogens is 1. The zero-order valence-electron chi connectivity index (χ0n) is 13.7. The number of hydrogen-bond donors (Lipinski definition) is 1. The summed E-state index contributed by atoms with van der Waals surface area (Å²) in [6.07, 6.45) is 4.36. The van der Waals surface area contributed by atoms with Crippen molar-refractivity contribution in [2.45, 2.75) is 33.2 Å². The number of ether oxygens (including phenoxy) is 1. The van der Waals surface area contributed by atoms with Crippen molar-refractivity contribution in [3.05, 3.63) is 29.5 Å². The summed E-state index contributed by atoms with van der Waals surface area (Å²) in [6.45, 7) is 7.24. The van der Waals surface area contributed by atoms with Crippen LogP contribution in [0.2, 0.25) is 0 Å². The molecule has 0 spiro atoms. The summed E-state index contributed by atoms with van der Waals surface area (Å²) in [4.78, 5) is 5.87. The number of benzene rings is 1. The van der Waals surface area contributed by atoms with Gasteiger partial charge in [-0.2, -0.15) is 0 Å². The van der Waals surface area contributed by atoms with E-state index in [1.807, 2.05) is 13.1 Å². The van der Waals surface area contributed by atoms with Crippen LogP contribution in [0.3, 0.4) is 0 Å². The lowest BCUT2D eigenvalue weighted by Gasteiger charge is -2.30. The number of nitrogens with one attached hydrogen (secondary N) is 1. The molecule has 1 saturated heterocycles. The number of aromatic nitrogens is 1. The van der Waals surface area contributed by atoms with Crippen molar-refractivity contribution in [1.82, 2.24) is 9.88 Å². The minimum atomic E-state index is 0.577. The summed E-state index contributed by atoms with van der Waals surface area (Å²) in [7, 11) is 1.76. The number of aromatic amines is 1. The minimum Gasteiger partial charge on any atom is -0.496 e. The first-order valence-electron chi connectivity index (χ1n) is 8.01. The van der Waals surface area contributed by atoms with Crippen molar-refractivity contribution in [2.75, 3.05) is 20.2 Å². The van der Waals surface area contributed by atoms with Crippen molar-refractivity contribution in [1.29, 1.82) is 0 Å². The predicted molar refractivity (Wildman–Crippen MR) is 91.0 cm³/mol. The molecule has 116 valence electrons. The Bertz CT molecular complexity index is 712. The maximum Gasteiger partial charge on any atom is 0.124 e. The van der Waals surface area contributed by atoms with Gasteiger partial charge < -0.3 is 9.72 Å². The SMILES string of the molecule is CC#CC1CCN(Cc2c(OC)cc(C)c3[nH]ccc23)CC1. The number of rotatable bonds is 3. The maximum atomic E-state index is 5.64. The van der Waals surface area contributed by atoms with Crippen molar-refractivity contribution in [3.63, 3.8) is 0 Å². The largest absolute Gasteiger partial charge is 0.496 e. The highest BCUT2D eigenvalue weighted by atomic mass is 16.5. The van der Waals surface area contributed by atoms with E-state index in [9.17, 15) is 0 Å². The molecule has 3 rings (SSSR count). The Morgan fingerprint density at radius 1 is 1.36 bits per heavy atom. The van der Waals surface area contributed by atoms with Crippen molar-refractivity contribution in [3.8, 4) is 17.6 Å². The Balaban J connectivity index is 1.83. The Morgan fingerprint density at radius 3 is 2.82 bits per heavy atom. The van der Waals surface area contributed by atoms with Gasteiger partial charge in [0, 0.05) is 35.1 Å². The molecule has 0 amide bonds. The molecule has 0 unspecified atom stereocenters. The zero-order chi connectivity index (χ0) is 15.5. The lowest BCUT2D eigenvalue weighted by Crippen LogP contribution is -2.33. The highest BCUT2D eigenvalue weighted by Crippen LogP contribution is 2.32. The van der Waals surface area contributed by atoms with Crippen LogP contribution in [0.4, 0.5) is 0 Å². The summed E-state index contributed by atoms with van der Waals surface area (Å²) in [6, 6.07) is 4.30. The van der Waals surface area contributed by atoms with E-state index in [1.54, 1.807) is 7.11 Å². The monoisotopic (exact) mass is 296 g/mol. The molecular formula is C19H24N2O. The van der Waals surface area contributed by atoms with E-state index in [4.69, 9.17) is 4.74 Å². The summed E-state index contributed by atoms with van der Waals surface area (Å²) >= 11 is 0. The molecule has 1 N–H and O–H groups in total. The summed E-state index contributed by atoms with van der Waals surface area (Å²) in [5.41, 5.74) is 3.75. The molecule has 0 atom stereocenters. The minimum absolute atomic E-state index is 0.577. The average molecular weight is 296 g/mol. The Labute approximate surface area is 132 Å². The molecule has 1 aliphatic heterocycles. The van der Waals surface area contributed by atoms with Crippen molar-refractivity contribution < 1.29 is 4.74 Å². The first kappa shape index (κ1) is 15.0. The lowest BCUT2D eigenvalue weighted by atomic mass is 9.96. The van der Waals surface area contributed by atoms with Gasteiger partial charge in [-0.3, -0.25) is 4.90 Å². The van der Waals surface area contributed by atoms with Crippen LogP contribution in [0.25, 0.3) is 10.9 Å². The highest BCUT2D eigenvalue weighted by molar-refractivity contribution is 5.88. The Kier molecular flexibility index (Phi) is 4.40. The van der Waals surface area contributed by atoms with Crippen LogP contribution in [0.1, 0.15) is 30.9 Å². The standard InChI is InChI=1S/C19H24N2O/c1-4-5-15-7-10-21(11-8-15)13-17-16-6-9-20-19(16)14(2)12-18(17)22-3/h6,9,12,15,20H,7-8,10-11,13H2,1-3H3. The van der Waals surface area contributed by atoms with Crippen LogP contribution in [0.15, 0.2) is 18.3 Å². The summed E-state index contributed by atoms with van der Waals surface area (Å²) < 4.78 is 5.64. The zero-order valence-corrected chi connectivity index (χ0v) is 13.7. The predicted octanol–water partition coefficient (Wildman–Crippen LogP) is 3.72. The number of likely N-dealkylation sites (tertiary alicyclic amines) is 1. The van der Waals surface area contributed by atoms with Gasteiger partial charge in [0.05, 0.1) is 7.11 Å². The molecule has 2 aromatic rings. The molecule has 1 aliphatic rings. The van der Waals surface area contributed by atoms with E-state index >= 15 is 0 Å². The number of methoxy groups -OCH3 is 1. The molecule has 22 heavy (non-hydrogen) atoms. The van der Waals surface area contributed by atoms with E-state index in [0.29, 0.717) is 5.92 Å². The van der Waals surface area contributed by atoms with Crippen LogP contribution < -0.4 is 4.74 Å². The van der Waals surface area contributed by atoms with E-state index in [0.717, 1.165) is 25.4 Å². The van der Waals surface area contributed by atoms with Crippen molar-refractivity contribution in [2.24, 2.45) is 5.92 Å². The van der Waals surface area contributed by atoms with E-state index in [2.05, 4.69) is 40.8 Å². The first-order valence-corrected chi connectivity index (χ1v) is 8.01. The Morgan fingerprint density at radius 2 is 2.14 bits per heavy atom.